The van der Waals surface area contributed by atoms with Gasteiger partial charge in [0.15, 0.2) is 5.75 Å². The van der Waals surface area contributed by atoms with Gasteiger partial charge < -0.3 is 24.5 Å². The van der Waals surface area contributed by atoms with E-state index < -0.39 is 35.5 Å². The Bertz CT molecular complexity index is 1770. The Morgan fingerprint density at radius 3 is 2.49 bits per heavy atom. The molecule has 3 aromatic carbocycles. The van der Waals surface area contributed by atoms with Gasteiger partial charge >= 0.3 is 5.63 Å². The number of rotatable bonds is 8. The highest BCUT2D eigenvalue weighted by Crippen LogP contribution is 2.37. The Morgan fingerprint density at radius 1 is 0.974 bits per heavy atom. The molecule has 2 heterocycles. The molecule has 5 aromatic rings. The number of hydrogen-bond donors (Lipinski definition) is 3. The number of ether oxygens (including phenoxy) is 1. The number of benzene rings is 3. The number of aliphatic hydroxyl groups excluding tert-OH is 2. The van der Waals surface area contributed by atoms with Gasteiger partial charge in [-0.2, -0.15) is 0 Å². The third-order valence-corrected chi connectivity index (χ3v) is 6.88. The van der Waals surface area contributed by atoms with Crippen molar-refractivity contribution in [2.24, 2.45) is 0 Å². The summed E-state index contributed by atoms with van der Waals surface area (Å²) in [6, 6.07) is 22.4. The normalized spacial score (nSPS) is 12.0. The van der Waals surface area contributed by atoms with Crippen molar-refractivity contribution in [1.29, 1.82) is 0 Å². The first-order valence-corrected chi connectivity index (χ1v) is 12.6. The number of aromatic nitrogens is 1. The third-order valence-electron chi connectivity index (χ3n) is 5.83. The summed E-state index contributed by atoms with van der Waals surface area (Å²) in [6.07, 6.45) is -1.08. The van der Waals surface area contributed by atoms with Crippen LogP contribution in [0.25, 0.3) is 27.9 Å². The minimum absolute atomic E-state index is 0.111. The zero-order valence-corrected chi connectivity index (χ0v) is 21.1. The van der Waals surface area contributed by atoms with Crippen LogP contribution in [-0.2, 0) is 0 Å². The standard InChI is InChI=1S/C29H22FNO7S/c30-18-8-4-11-22(12-18)39-27-26(34)25-24(38-29(27)36)14-23(17-6-2-1-3-7-17)31(28(25)35)19-9-5-10-21(13-19)37-16-20(33)15-32/h1-14,20,32-34H,15-16H2. The Labute approximate surface area is 225 Å². The molecule has 8 nitrogen and oxygen atoms in total. The second-order valence-electron chi connectivity index (χ2n) is 8.55. The molecule has 0 saturated heterocycles. The van der Waals surface area contributed by atoms with E-state index in [0.717, 1.165) is 11.8 Å². The largest absolute Gasteiger partial charge is 0.505 e. The molecular formula is C29H22FNO7S. The molecule has 0 aliphatic rings. The first kappa shape index (κ1) is 26.2. The average molecular weight is 548 g/mol. The summed E-state index contributed by atoms with van der Waals surface area (Å²) in [4.78, 5) is 26.9. The highest BCUT2D eigenvalue weighted by atomic mass is 32.2. The lowest BCUT2D eigenvalue weighted by atomic mass is 10.1. The van der Waals surface area contributed by atoms with Gasteiger partial charge in [0.05, 0.1) is 18.0 Å². The van der Waals surface area contributed by atoms with Gasteiger partial charge in [-0.1, -0.05) is 54.2 Å². The van der Waals surface area contributed by atoms with Gasteiger partial charge in [-0.15, -0.1) is 0 Å². The predicted octanol–water partition coefficient (Wildman–Crippen LogP) is 4.34. The first-order valence-electron chi connectivity index (χ1n) is 11.8. The molecule has 3 N–H and O–H groups in total. The molecule has 1 atom stereocenters. The summed E-state index contributed by atoms with van der Waals surface area (Å²) in [5, 5.41) is 29.6. The van der Waals surface area contributed by atoms with Crippen molar-refractivity contribution in [2.45, 2.75) is 15.9 Å². The quantitative estimate of drug-likeness (QED) is 0.262. The fourth-order valence-electron chi connectivity index (χ4n) is 4.02. The van der Waals surface area contributed by atoms with Gasteiger partial charge in [0, 0.05) is 17.0 Å². The number of fused-ring (bicyclic) bond motifs is 1. The minimum atomic E-state index is -1.08. The lowest BCUT2D eigenvalue weighted by Gasteiger charge is -2.17. The number of aliphatic hydroxyl groups is 2. The number of nitrogens with zero attached hydrogens (tertiary/aromatic N) is 1. The molecule has 0 spiro atoms. The van der Waals surface area contributed by atoms with Crippen molar-refractivity contribution in [1.82, 2.24) is 4.57 Å². The monoisotopic (exact) mass is 547 g/mol. The first-order chi connectivity index (χ1) is 18.9. The van der Waals surface area contributed by atoms with Gasteiger partial charge in [-0.05, 0) is 35.9 Å². The van der Waals surface area contributed by atoms with E-state index >= 15 is 0 Å². The molecule has 0 bridgehead atoms. The molecule has 0 fully saturated rings. The summed E-state index contributed by atoms with van der Waals surface area (Å²) >= 11 is 0.786. The van der Waals surface area contributed by atoms with E-state index in [1.165, 1.54) is 28.8 Å². The van der Waals surface area contributed by atoms with Crippen LogP contribution in [0.3, 0.4) is 0 Å². The maximum Gasteiger partial charge on any atom is 0.354 e. The average Bonchev–Trinajstić information content (AvgIpc) is 2.94. The molecule has 198 valence electrons. The Balaban J connectivity index is 1.72. The Hall–Kier alpha value is -4.38. The number of halogens is 1. The number of pyridine rings is 1. The smallest absolute Gasteiger partial charge is 0.354 e. The zero-order chi connectivity index (χ0) is 27.5. The van der Waals surface area contributed by atoms with E-state index in [0.29, 0.717) is 27.6 Å². The maximum atomic E-state index is 14.0. The molecule has 10 heteroatoms. The van der Waals surface area contributed by atoms with E-state index in [1.807, 2.05) is 6.07 Å². The summed E-state index contributed by atoms with van der Waals surface area (Å²) in [5.74, 6) is -0.766. The molecule has 0 aliphatic heterocycles. The Morgan fingerprint density at radius 2 is 1.74 bits per heavy atom. The van der Waals surface area contributed by atoms with Crippen LogP contribution < -0.4 is 15.9 Å². The minimum Gasteiger partial charge on any atom is -0.505 e. The van der Waals surface area contributed by atoms with Gasteiger partial charge in [0.25, 0.3) is 5.56 Å². The van der Waals surface area contributed by atoms with Gasteiger partial charge in [-0.25, -0.2) is 9.18 Å². The highest BCUT2D eigenvalue weighted by molar-refractivity contribution is 7.99. The van der Waals surface area contributed by atoms with Crippen molar-refractivity contribution < 1.29 is 28.9 Å². The summed E-state index contributed by atoms with van der Waals surface area (Å²) in [5.41, 5.74) is -0.251. The van der Waals surface area contributed by atoms with Crippen LogP contribution in [0.2, 0.25) is 0 Å². The van der Waals surface area contributed by atoms with Gasteiger partial charge in [-0.3, -0.25) is 9.36 Å². The van der Waals surface area contributed by atoms with E-state index in [1.54, 1.807) is 54.6 Å². The molecule has 0 aliphatic carbocycles. The molecule has 39 heavy (non-hydrogen) atoms. The molecule has 5 rings (SSSR count). The summed E-state index contributed by atoms with van der Waals surface area (Å²) < 4.78 is 26.1. The molecule has 1 unspecified atom stereocenters. The second kappa shape index (κ2) is 11.2. The van der Waals surface area contributed by atoms with Crippen LogP contribution in [0.1, 0.15) is 0 Å². The van der Waals surface area contributed by atoms with Gasteiger partial charge in [0.2, 0.25) is 0 Å². The highest BCUT2D eigenvalue weighted by Gasteiger charge is 2.22. The number of aromatic hydroxyl groups is 1. The van der Waals surface area contributed by atoms with Crippen molar-refractivity contribution in [3.8, 4) is 28.4 Å². The molecule has 2 aromatic heterocycles. The van der Waals surface area contributed by atoms with Crippen LogP contribution in [0, 0.1) is 5.82 Å². The van der Waals surface area contributed by atoms with Crippen molar-refractivity contribution in [2.75, 3.05) is 13.2 Å². The van der Waals surface area contributed by atoms with Crippen molar-refractivity contribution >= 4 is 22.7 Å². The fourth-order valence-corrected chi connectivity index (χ4v) is 4.89. The van der Waals surface area contributed by atoms with Crippen LogP contribution in [0.5, 0.6) is 11.5 Å². The molecule has 0 amide bonds. The molecule has 0 saturated carbocycles. The lowest BCUT2D eigenvalue weighted by molar-refractivity contribution is 0.0536. The maximum absolute atomic E-state index is 14.0. The molecular weight excluding hydrogens is 525 g/mol. The summed E-state index contributed by atoms with van der Waals surface area (Å²) in [6.45, 7) is -0.632. The van der Waals surface area contributed by atoms with Crippen LogP contribution in [0.15, 0.2) is 109 Å². The summed E-state index contributed by atoms with van der Waals surface area (Å²) in [7, 11) is 0. The van der Waals surface area contributed by atoms with Crippen molar-refractivity contribution in [3.63, 3.8) is 0 Å². The zero-order valence-electron chi connectivity index (χ0n) is 20.3. The van der Waals surface area contributed by atoms with Crippen LogP contribution in [-0.4, -0.2) is 39.2 Å². The fraction of sp³-hybridized carbons (Fsp3) is 0.103. The van der Waals surface area contributed by atoms with Crippen LogP contribution in [0.4, 0.5) is 4.39 Å². The van der Waals surface area contributed by atoms with E-state index in [-0.39, 0.29) is 22.5 Å². The number of hydrogen-bond acceptors (Lipinski definition) is 8. The molecule has 0 radical (unpaired) electrons. The van der Waals surface area contributed by atoms with E-state index in [9.17, 15) is 24.2 Å². The topological polar surface area (TPSA) is 122 Å². The van der Waals surface area contributed by atoms with E-state index in [2.05, 4.69) is 0 Å². The second-order valence-corrected chi connectivity index (χ2v) is 9.63. The third kappa shape index (κ3) is 5.44. The SMILES string of the molecule is O=c1oc2cc(-c3ccccc3)n(-c3cccc(OCC(O)CO)c3)c(=O)c2c(O)c1Sc1cccc(F)c1. The van der Waals surface area contributed by atoms with Crippen molar-refractivity contribution in [3.05, 3.63) is 112 Å². The Kier molecular flexibility index (Phi) is 7.51. The van der Waals surface area contributed by atoms with Gasteiger partial charge in [0.1, 0.15) is 40.1 Å². The van der Waals surface area contributed by atoms with E-state index in [4.69, 9.17) is 14.3 Å². The predicted molar refractivity (Wildman–Crippen MR) is 144 cm³/mol. The van der Waals surface area contributed by atoms with Crippen LogP contribution >= 0.6 is 11.8 Å². The lowest BCUT2D eigenvalue weighted by Crippen LogP contribution is -2.22.